The van der Waals surface area contributed by atoms with Gasteiger partial charge < -0.3 is 4.74 Å². The Morgan fingerprint density at radius 3 is 2.70 bits per heavy atom. The molecule has 2 rings (SSSR count). The van der Waals surface area contributed by atoms with E-state index in [1.54, 1.807) is 23.8 Å². The minimum Gasteiger partial charge on any atom is -0.443 e. The Morgan fingerprint density at radius 1 is 1.45 bits per heavy atom. The lowest BCUT2D eigenvalue weighted by Crippen LogP contribution is -2.35. The van der Waals surface area contributed by atoms with Crippen LogP contribution in [0.1, 0.15) is 26.3 Å². The van der Waals surface area contributed by atoms with Crippen LogP contribution in [0.5, 0.6) is 0 Å². The molecular formula is C13H17ClN4O2. The summed E-state index contributed by atoms with van der Waals surface area (Å²) < 4.78 is 6.89. The van der Waals surface area contributed by atoms with E-state index in [-0.39, 0.29) is 0 Å². The smallest absolute Gasteiger partial charge is 0.415 e. The zero-order valence-corrected chi connectivity index (χ0v) is 12.9. The number of hydrogen-bond acceptors (Lipinski definition) is 4. The molecule has 2 heterocycles. The average Bonchev–Trinajstić information content (AvgIpc) is 2.67. The lowest BCUT2D eigenvalue weighted by molar-refractivity contribution is 0.0587. The van der Waals surface area contributed by atoms with Crippen LogP contribution in [0, 0.1) is 6.92 Å². The first-order valence-electron chi connectivity index (χ1n) is 6.16. The minimum absolute atomic E-state index is 0.298. The fraction of sp³-hybridized carbons (Fsp3) is 0.462. The van der Waals surface area contributed by atoms with Crippen LogP contribution >= 0.6 is 11.6 Å². The maximum Gasteiger partial charge on any atom is 0.415 e. The van der Waals surface area contributed by atoms with Crippen LogP contribution in [-0.2, 0) is 4.74 Å². The summed E-state index contributed by atoms with van der Waals surface area (Å²) in [4.78, 5) is 17.7. The van der Waals surface area contributed by atoms with E-state index in [4.69, 9.17) is 16.3 Å². The van der Waals surface area contributed by atoms with Crippen molar-refractivity contribution >= 4 is 29.2 Å². The highest BCUT2D eigenvalue weighted by molar-refractivity contribution is 6.29. The largest absolute Gasteiger partial charge is 0.443 e. The van der Waals surface area contributed by atoms with Crippen molar-refractivity contribution in [2.45, 2.75) is 33.3 Å². The number of amides is 1. The van der Waals surface area contributed by atoms with Crippen LogP contribution in [0.15, 0.2) is 12.3 Å². The van der Waals surface area contributed by atoms with Crippen molar-refractivity contribution in [3.8, 4) is 0 Å². The number of nitrogens with zero attached hydrogens (tertiary/aromatic N) is 4. The zero-order chi connectivity index (χ0) is 15.1. The Morgan fingerprint density at radius 2 is 2.10 bits per heavy atom. The predicted octanol–water partition coefficient (Wildman–Crippen LogP) is 3.06. The van der Waals surface area contributed by atoms with Gasteiger partial charge in [-0.15, -0.1) is 0 Å². The Balaban J connectivity index is 2.44. The van der Waals surface area contributed by atoms with Gasteiger partial charge in [-0.25, -0.2) is 9.78 Å². The first-order chi connectivity index (χ1) is 9.19. The van der Waals surface area contributed by atoms with Gasteiger partial charge in [-0.3, -0.25) is 4.90 Å². The van der Waals surface area contributed by atoms with Crippen LogP contribution in [0.3, 0.4) is 0 Å². The SMILES string of the molecule is Cc1cnn2c(N(C)C(=O)OC(C)(C)C)cc(Cl)nc12. The summed E-state index contributed by atoms with van der Waals surface area (Å²) in [5.74, 6) is 0.502. The third-order valence-electron chi connectivity index (χ3n) is 2.61. The van der Waals surface area contributed by atoms with Crippen molar-refractivity contribution in [2.24, 2.45) is 0 Å². The first kappa shape index (κ1) is 14.6. The molecule has 0 aliphatic carbocycles. The van der Waals surface area contributed by atoms with Crippen molar-refractivity contribution in [2.75, 3.05) is 11.9 Å². The highest BCUT2D eigenvalue weighted by Crippen LogP contribution is 2.22. The van der Waals surface area contributed by atoms with Crippen molar-refractivity contribution in [1.82, 2.24) is 14.6 Å². The Hall–Kier alpha value is -1.82. The summed E-state index contributed by atoms with van der Waals surface area (Å²) in [7, 11) is 1.61. The van der Waals surface area contributed by atoms with Crippen molar-refractivity contribution in [3.63, 3.8) is 0 Å². The maximum atomic E-state index is 12.1. The molecule has 20 heavy (non-hydrogen) atoms. The number of carbonyl (C=O) groups excluding carboxylic acids is 1. The van der Waals surface area contributed by atoms with Crippen LogP contribution in [0.25, 0.3) is 5.65 Å². The molecule has 6 nitrogen and oxygen atoms in total. The van der Waals surface area contributed by atoms with Gasteiger partial charge in [-0.2, -0.15) is 9.61 Å². The number of rotatable bonds is 1. The third-order valence-corrected chi connectivity index (χ3v) is 2.80. The molecule has 0 bridgehead atoms. The molecular weight excluding hydrogens is 280 g/mol. The summed E-state index contributed by atoms with van der Waals surface area (Å²) in [5, 5.41) is 4.50. The molecule has 0 aromatic carbocycles. The van der Waals surface area contributed by atoms with Gasteiger partial charge in [-0.05, 0) is 27.7 Å². The first-order valence-corrected chi connectivity index (χ1v) is 6.54. The lowest BCUT2D eigenvalue weighted by Gasteiger charge is -2.24. The van der Waals surface area contributed by atoms with E-state index in [0.29, 0.717) is 16.6 Å². The Bertz CT molecular complexity index is 660. The molecule has 0 aliphatic heterocycles. The van der Waals surface area contributed by atoms with E-state index in [1.807, 2.05) is 27.7 Å². The van der Waals surface area contributed by atoms with Crippen molar-refractivity contribution in [3.05, 3.63) is 23.0 Å². The topological polar surface area (TPSA) is 59.7 Å². The summed E-state index contributed by atoms with van der Waals surface area (Å²) in [5.41, 5.74) is 0.927. The second-order valence-electron chi connectivity index (χ2n) is 5.54. The molecule has 0 saturated heterocycles. The monoisotopic (exact) mass is 296 g/mol. The molecule has 0 saturated carbocycles. The lowest BCUT2D eigenvalue weighted by atomic mass is 10.2. The fourth-order valence-electron chi connectivity index (χ4n) is 1.69. The molecule has 7 heteroatoms. The van der Waals surface area contributed by atoms with Gasteiger partial charge in [0.1, 0.15) is 16.6 Å². The maximum absolute atomic E-state index is 12.1. The molecule has 0 radical (unpaired) electrons. The Kier molecular flexibility index (Phi) is 3.60. The van der Waals surface area contributed by atoms with Gasteiger partial charge in [0, 0.05) is 18.7 Å². The molecule has 108 valence electrons. The number of anilines is 1. The molecule has 0 unspecified atom stereocenters. The van der Waals surface area contributed by atoms with Gasteiger partial charge in [0.25, 0.3) is 0 Å². The molecule has 2 aromatic rings. The Labute approximate surface area is 122 Å². The van der Waals surface area contributed by atoms with E-state index in [9.17, 15) is 4.79 Å². The van der Waals surface area contributed by atoms with E-state index < -0.39 is 11.7 Å². The van der Waals surface area contributed by atoms with Crippen LogP contribution in [0.2, 0.25) is 5.15 Å². The van der Waals surface area contributed by atoms with Crippen LogP contribution in [-0.4, -0.2) is 33.3 Å². The molecule has 0 fully saturated rings. The number of ether oxygens (including phenoxy) is 1. The second kappa shape index (κ2) is 4.94. The van der Waals surface area contributed by atoms with Crippen LogP contribution < -0.4 is 4.90 Å². The molecule has 0 aliphatic rings. The number of carbonyl (C=O) groups is 1. The fourth-order valence-corrected chi connectivity index (χ4v) is 1.87. The molecule has 1 amide bonds. The number of hydrogen-bond donors (Lipinski definition) is 0. The summed E-state index contributed by atoms with van der Waals surface area (Å²) >= 11 is 6.00. The average molecular weight is 297 g/mol. The second-order valence-corrected chi connectivity index (χ2v) is 5.93. The molecule has 0 spiro atoms. The van der Waals surface area contributed by atoms with Crippen molar-refractivity contribution < 1.29 is 9.53 Å². The summed E-state index contributed by atoms with van der Waals surface area (Å²) in [6, 6.07) is 1.57. The molecule has 2 aromatic heterocycles. The quantitative estimate of drug-likeness (QED) is 0.759. The van der Waals surface area contributed by atoms with Crippen LogP contribution in [0.4, 0.5) is 10.6 Å². The summed E-state index contributed by atoms with van der Waals surface area (Å²) in [6.45, 7) is 7.31. The number of halogens is 1. The van der Waals surface area contributed by atoms with Crippen molar-refractivity contribution in [1.29, 1.82) is 0 Å². The number of aromatic nitrogens is 3. The van der Waals surface area contributed by atoms with Gasteiger partial charge in [-0.1, -0.05) is 11.6 Å². The van der Waals surface area contributed by atoms with E-state index in [1.165, 1.54) is 4.90 Å². The zero-order valence-electron chi connectivity index (χ0n) is 12.1. The van der Waals surface area contributed by atoms with E-state index in [0.717, 1.165) is 5.56 Å². The number of fused-ring (bicyclic) bond motifs is 1. The van der Waals surface area contributed by atoms with E-state index >= 15 is 0 Å². The molecule has 0 N–H and O–H groups in total. The van der Waals surface area contributed by atoms with Gasteiger partial charge in [0.15, 0.2) is 5.65 Å². The normalized spacial score (nSPS) is 11.7. The molecule has 0 atom stereocenters. The minimum atomic E-state index is -0.568. The third kappa shape index (κ3) is 2.85. The highest BCUT2D eigenvalue weighted by atomic mass is 35.5. The van der Waals surface area contributed by atoms with Gasteiger partial charge >= 0.3 is 6.09 Å². The van der Waals surface area contributed by atoms with Gasteiger partial charge in [0.05, 0.1) is 6.20 Å². The van der Waals surface area contributed by atoms with E-state index in [2.05, 4.69) is 10.1 Å². The summed E-state index contributed by atoms with van der Waals surface area (Å²) in [6.07, 6.45) is 1.19. The highest BCUT2D eigenvalue weighted by Gasteiger charge is 2.23. The number of aryl methyl sites for hydroxylation is 1. The predicted molar refractivity (Wildman–Crippen MR) is 77.4 cm³/mol. The standard InChI is InChI=1S/C13H17ClN4O2/c1-8-7-15-18-10(6-9(14)16-11(8)18)17(5)12(19)20-13(2,3)4/h6-7H,1-5H3. The van der Waals surface area contributed by atoms with Gasteiger partial charge in [0.2, 0.25) is 0 Å².